The predicted molar refractivity (Wildman–Crippen MR) is 237 cm³/mol. The van der Waals surface area contributed by atoms with E-state index in [0.29, 0.717) is 0 Å². The molecule has 11 aromatic rings. The van der Waals surface area contributed by atoms with Crippen molar-refractivity contribution in [1.29, 1.82) is 0 Å². The third-order valence-corrected chi connectivity index (χ3v) is 12.1. The molecule has 0 fully saturated rings. The van der Waals surface area contributed by atoms with Gasteiger partial charge in [0, 0.05) is 53.6 Å². The molecule has 258 valence electrons. The van der Waals surface area contributed by atoms with Crippen LogP contribution in [0.1, 0.15) is 0 Å². The van der Waals surface area contributed by atoms with E-state index in [4.69, 9.17) is 0 Å². The van der Waals surface area contributed by atoms with Crippen LogP contribution in [0.15, 0.2) is 206 Å². The second-order valence-electron chi connectivity index (χ2n) is 14.2. The van der Waals surface area contributed by atoms with Gasteiger partial charge in [-0.2, -0.15) is 0 Å². The van der Waals surface area contributed by atoms with Gasteiger partial charge in [0.15, 0.2) is 0 Å². The third-order valence-electron chi connectivity index (χ3n) is 11.0. The van der Waals surface area contributed by atoms with Gasteiger partial charge in [-0.1, -0.05) is 146 Å². The van der Waals surface area contributed by atoms with Crippen LogP contribution in [0, 0.1) is 0 Å². The molecule has 55 heavy (non-hydrogen) atoms. The molecule has 2 aromatic heterocycles. The summed E-state index contributed by atoms with van der Waals surface area (Å²) in [6.45, 7) is 0. The van der Waals surface area contributed by atoms with Crippen molar-refractivity contribution < 1.29 is 0 Å². The van der Waals surface area contributed by atoms with Gasteiger partial charge in [-0.3, -0.25) is 0 Å². The molecule has 0 aliphatic rings. The van der Waals surface area contributed by atoms with E-state index in [2.05, 4.69) is 216 Å². The Labute approximate surface area is 323 Å². The van der Waals surface area contributed by atoms with Gasteiger partial charge >= 0.3 is 0 Å². The fraction of sp³-hybridized carbons (Fsp3) is 0. The minimum absolute atomic E-state index is 1.12. The van der Waals surface area contributed by atoms with Gasteiger partial charge in [0.25, 0.3) is 0 Å². The molecule has 9 aromatic carbocycles. The van der Waals surface area contributed by atoms with Crippen molar-refractivity contribution in [2.24, 2.45) is 0 Å². The zero-order valence-electron chi connectivity index (χ0n) is 29.9. The van der Waals surface area contributed by atoms with Gasteiger partial charge < -0.3 is 9.47 Å². The van der Waals surface area contributed by atoms with Gasteiger partial charge in [0.05, 0.1) is 16.7 Å². The van der Waals surface area contributed by atoms with Crippen molar-refractivity contribution >= 4 is 81.1 Å². The summed E-state index contributed by atoms with van der Waals surface area (Å²) in [5.41, 5.74) is 11.8. The first-order valence-corrected chi connectivity index (χ1v) is 19.6. The molecule has 0 amide bonds. The highest BCUT2D eigenvalue weighted by Gasteiger charge is 2.17. The fourth-order valence-electron chi connectivity index (χ4n) is 8.36. The predicted octanol–water partition coefficient (Wildman–Crippen LogP) is 15.1. The highest BCUT2D eigenvalue weighted by molar-refractivity contribution is 7.25. The van der Waals surface area contributed by atoms with Crippen LogP contribution >= 0.6 is 11.3 Å². The van der Waals surface area contributed by atoms with E-state index < -0.39 is 0 Å². The molecule has 0 spiro atoms. The Kier molecular flexibility index (Phi) is 7.39. The SMILES string of the molecule is c1ccc(-n2c3ccccc3c3ccccc32)c(-c2ccc(-c3ccc(N(c4ccc5ccccc5c4)c4ccc5c(c4)sc4ccccc45)cc3)cc2)c1. The van der Waals surface area contributed by atoms with Crippen LogP contribution in [0.5, 0.6) is 0 Å². The lowest BCUT2D eigenvalue weighted by molar-refractivity contribution is 1.18. The average molecular weight is 719 g/mol. The van der Waals surface area contributed by atoms with Crippen LogP contribution in [0.2, 0.25) is 0 Å². The lowest BCUT2D eigenvalue weighted by Gasteiger charge is -2.26. The summed E-state index contributed by atoms with van der Waals surface area (Å²) in [4.78, 5) is 2.38. The van der Waals surface area contributed by atoms with Crippen LogP contribution in [0.25, 0.3) is 80.7 Å². The second-order valence-corrected chi connectivity index (χ2v) is 15.2. The van der Waals surface area contributed by atoms with Gasteiger partial charge in [-0.25, -0.2) is 0 Å². The van der Waals surface area contributed by atoms with Crippen molar-refractivity contribution in [2.75, 3.05) is 4.90 Å². The quantitative estimate of drug-likeness (QED) is 0.166. The van der Waals surface area contributed by atoms with E-state index in [1.54, 1.807) is 0 Å². The first-order chi connectivity index (χ1) is 27.3. The topological polar surface area (TPSA) is 8.17 Å². The van der Waals surface area contributed by atoms with Crippen LogP contribution < -0.4 is 4.90 Å². The molecule has 0 saturated heterocycles. The summed E-state index contributed by atoms with van der Waals surface area (Å²) in [6.07, 6.45) is 0. The summed E-state index contributed by atoms with van der Waals surface area (Å²) in [7, 11) is 0. The number of thiophene rings is 1. The van der Waals surface area contributed by atoms with Gasteiger partial charge in [0.2, 0.25) is 0 Å². The Morgan fingerprint density at radius 2 is 0.873 bits per heavy atom. The molecule has 2 nitrogen and oxygen atoms in total. The van der Waals surface area contributed by atoms with E-state index in [1.807, 2.05) is 11.3 Å². The maximum atomic E-state index is 2.41. The lowest BCUT2D eigenvalue weighted by atomic mass is 9.98. The normalized spacial score (nSPS) is 11.6. The number of aromatic nitrogens is 1. The summed E-state index contributed by atoms with van der Waals surface area (Å²) in [5.74, 6) is 0. The number of fused-ring (bicyclic) bond motifs is 7. The molecule has 0 unspecified atom stereocenters. The molecule has 0 saturated carbocycles. The smallest absolute Gasteiger partial charge is 0.0541 e. The zero-order valence-corrected chi connectivity index (χ0v) is 30.7. The molecular weight excluding hydrogens is 685 g/mol. The monoisotopic (exact) mass is 718 g/mol. The molecule has 0 N–H and O–H groups in total. The third kappa shape index (κ3) is 5.32. The lowest BCUT2D eigenvalue weighted by Crippen LogP contribution is -2.09. The molecule has 0 atom stereocenters. The van der Waals surface area contributed by atoms with Crippen LogP contribution in [0.3, 0.4) is 0 Å². The summed E-state index contributed by atoms with van der Waals surface area (Å²) >= 11 is 1.86. The fourth-order valence-corrected chi connectivity index (χ4v) is 9.50. The highest BCUT2D eigenvalue weighted by atomic mass is 32.1. The van der Waals surface area contributed by atoms with Crippen molar-refractivity contribution in [3.63, 3.8) is 0 Å². The Hall–Kier alpha value is -6.94. The maximum absolute atomic E-state index is 2.41. The standard InChI is InChI=1S/C52H34N2S/c1-2-12-39-33-41(30-27-35(39)11-1)53(42-31-32-47-46-16-6-10-20-51(46)55-52(47)34-42)40-28-25-37(26-29-40)36-21-23-38(24-22-36)43-13-3-7-17-48(43)54-49-18-8-4-14-44(49)45-15-5-9-19-50(45)54/h1-34H. The van der Waals surface area contributed by atoms with E-state index >= 15 is 0 Å². The van der Waals surface area contributed by atoms with Gasteiger partial charge in [-0.05, 0) is 88.1 Å². The van der Waals surface area contributed by atoms with Crippen LogP contribution in [0.4, 0.5) is 17.1 Å². The summed E-state index contributed by atoms with van der Waals surface area (Å²) in [6, 6.07) is 75.2. The molecule has 0 aliphatic carbocycles. The summed E-state index contributed by atoms with van der Waals surface area (Å²) < 4.78 is 5.02. The first kappa shape index (κ1) is 31.6. The Balaban J connectivity index is 0.964. The Bertz CT molecular complexity index is 3150. The minimum atomic E-state index is 1.12. The van der Waals surface area contributed by atoms with Gasteiger partial charge in [0.1, 0.15) is 0 Å². The highest BCUT2D eigenvalue weighted by Crippen LogP contribution is 2.42. The van der Waals surface area contributed by atoms with Crippen LogP contribution in [-0.2, 0) is 0 Å². The zero-order chi connectivity index (χ0) is 36.3. The van der Waals surface area contributed by atoms with Gasteiger partial charge in [-0.15, -0.1) is 11.3 Å². The van der Waals surface area contributed by atoms with E-state index in [9.17, 15) is 0 Å². The van der Waals surface area contributed by atoms with E-state index in [0.717, 1.165) is 17.1 Å². The number of benzene rings is 9. The second kappa shape index (κ2) is 12.9. The first-order valence-electron chi connectivity index (χ1n) is 18.8. The average Bonchev–Trinajstić information content (AvgIpc) is 3.79. The maximum Gasteiger partial charge on any atom is 0.0541 e. The molecule has 11 rings (SSSR count). The number of anilines is 3. The van der Waals surface area contributed by atoms with Crippen molar-refractivity contribution in [3.05, 3.63) is 206 Å². The molecule has 0 radical (unpaired) electrons. The number of para-hydroxylation sites is 3. The molecular formula is C52H34N2S. The van der Waals surface area contributed by atoms with E-state index in [-0.39, 0.29) is 0 Å². The number of rotatable bonds is 6. The minimum Gasteiger partial charge on any atom is -0.310 e. The summed E-state index contributed by atoms with van der Waals surface area (Å²) in [5, 5.41) is 7.63. The largest absolute Gasteiger partial charge is 0.310 e. The van der Waals surface area contributed by atoms with E-state index in [1.165, 1.54) is 80.7 Å². The van der Waals surface area contributed by atoms with Crippen LogP contribution in [-0.4, -0.2) is 4.57 Å². The van der Waals surface area contributed by atoms with Crippen molar-refractivity contribution in [3.8, 4) is 27.9 Å². The van der Waals surface area contributed by atoms with Crippen molar-refractivity contribution in [1.82, 2.24) is 4.57 Å². The molecule has 2 heterocycles. The number of hydrogen-bond acceptors (Lipinski definition) is 2. The molecule has 0 bridgehead atoms. The number of hydrogen-bond donors (Lipinski definition) is 0. The Morgan fingerprint density at radius 1 is 0.345 bits per heavy atom. The molecule has 0 aliphatic heterocycles. The Morgan fingerprint density at radius 3 is 1.64 bits per heavy atom. The number of nitrogens with zero attached hydrogens (tertiary/aromatic N) is 2. The molecule has 3 heteroatoms. The van der Waals surface area contributed by atoms with Crippen molar-refractivity contribution in [2.45, 2.75) is 0 Å².